The molecule has 0 unspecified atom stereocenters. The van der Waals surface area contributed by atoms with E-state index in [-0.39, 0.29) is 0 Å². The third-order valence-corrected chi connectivity index (χ3v) is 4.01. The second-order valence-corrected chi connectivity index (χ2v) is 5.64. The summed E-state index contributed by atoms with van der Waals surface area (Å²) in [7, 11) is 2.00. The number of benzene rings is 1. The van der Waals surface area contributed by atoms with Crippen molar-refractivity contribution in [3.63, 3.8) is 0 Å². The Morgan fingerprint density at radius 2 is 1.68 bits per heavy atom. The average Bonchev–Trinajstić information content (AvgIpc) is 2.46. The van der Waals surface area contributed by atoms with E-state index >= 15 is 0 Å². The number of hydrogen-bond acceptors (Lipinski definition) is 3. The van der Waals surface area contributed by atoms with Gasteiger partial charge in [0.25, 0.3) is 0 Å². The van der Waals surface area contributed by atoms with Crippen LogP contribution < -0.4 is 10.2 Å². The van der Waals surface area contributed by atoms with Gasteiger partial charge in [-0.3, -0.25) is 4.90 Å². The predicted octanol–water partition coefficient (Wildman–Crippen LogP) is 1.98. The molecule has 3 nitrogen and oxygen atoms in total. The SMILES string of the molecule is CNCCc1ccc(N2CCN(C(C)C)CC2)cc1. The second kappa shape index (κ2) is 6.92. The predicted molar refractivity (Wildman–Crippen MR) is 83.0 cm³/mol. The lowest BCUT2D eigenvalue weighted by Gasteiger charge is -2.38. The van der Waals surface area contributed by atoms with Gasteiger partial charge in [-0.15, -0.1) is 0 Å². The van der Waals surface area contributed by atoms with Crippen LogP contribution in [0.4, 0.5) is 5.69 Å². The molecule has 0 radical (unpaired) electrons. The Bertz CT molecular complexity index is 364. The van der Waals surface area contributed by atoms with Gasteiger partial charge in [0.2, 0.25) is 0 Å². The molecule has 106 valence electrons. The fourth-order valence-electron chi connectivity index (χ4n) is 2.64. The molecule has 1 saturated heterocycles. The van der Waals surface area contributed by atoms with Gasteiger partial charge in [0.05, 0.1) is 0 Å². The smallest absolute Gasteiger partial charge is 0.0367 e. The number of likely N-dealkylation sites (N-methyl/N-ethyl adjacent to an activating group) is 1. The van der Waals surface area contributed by atoms with Crippen LogP contribution in [0.25, 0.3) is 0 Å². The number of hydrogen-bond donors (Lipinski definition) is 1. The first-order valence-electron chi connectivity index (χ1n) is 7.43. The molecule has 1 aromatic rings. The zero-order valence-corrected chi connectivity index (χ0v) is 12.5. The molecule has 0 bridgehead atoms. The topological polar surface area (TPSA) is 18.5 Å². The summed E-state index contributed by atoms with van der Waals surface area (Å²) in [6.45, 7) is 10.3. The second-order valence-electron chi connectivity index (χ2n) is 5.64. The van der Waals surface area contributed by atoms with Gasteiger partial charge in [0.15, 0.2) is 0 Å². The minimum atomic E-state index is 0.672. The molecule has 0 aromatic heterocycles. The van der Waals surface area contributed by atoms with E-state index in [0.717, 1.165) is 26.1 Å². The molecular weight excluding hydrogens is 234 g/mol. The molecular formula is C16H27N3. The standard InChI is InChI=1S/C16H27N3/c1-14(2)18-10-12-19(13-11-18)16-6-4-15(5-7-16)8-9-17-3/h4-7,14,17H,8-13H2,1-3H3. The van der Waals surface area contributed by atoms with Crippen molar-refractivity contribution < 1.29 is 0 Å². The van der Waals surface area contributed by atoms with Gasteiger partial charge in [-0.25, -0.2) is 0 Å². The van der Waals surface area contributed by atoms with Crippen molar-refractivity contribution in [1.29, 1.82) is 0 Å². The summed E-state index contributed by atoms with van der Waals surface area (Å²) < 4.78 is 0. The van der Waals surface area contributed by atoms with Gasteiger partial charge in [0.1, 0.15) is 0 Å². The summed E-state index contributed by atoms with van der Waals surface area (Å²) in [5, 5.41) is 3.19. The van der Waals surface area contributed by atoms with Crippen molar-refractivity contribution in [3.8, 4) is 0 Å². The molecule has 1 aromatic carbocycles. The van der Waals surface area contributed by atoms with Gasteiger partial charge in [-0.2, -0.15) is 0 Å². The van der Waals surface area contributed by atoms with E-state index in [1.54, 1.807) is 0 Å². The minimum absolute atomic E-state index is 0.672. The first kappa shape index (κ1) is 14.4. The van der Waals surface area contributed by atoms with Gasteiger partial charge >= 0.3 is 0 Å². The van der Waals surface area contributed by atoms with Gasteiger partial charge in [-0.1, -0.05) is 12.1 Å². The lowest BCUT2D eigenvalue weighted by atomic mass is 10.1. The third-order valence-electron chi connectivity index (χ3n) is 4.01. The molecule has 1 heterocycles. The van der Waals surface area contributed by atoms with E-state index < -0.39 is 0 Å². The van der Waals surface area contributed by atoms with E-state index in [0.29, 0.717) is 6.04 Å². The maximum atomic E-state index is 3.19. The van der Waals surface area contributed by atoms with Crippen LogP contribution in [0.5, 0.6) is 0 Å². The highest BCUT2D eigenvalue weighted by Gasteiger charge is 2.18. The van der Waals surface area contributed by atoms with Gasteiger partial charge in [0, 0.05) is 37.9 Å². The Morgan fingerprint density at radius 1 is 1.05 bits per heavy atom. The minimum Gasteiger partial charge on any atom is -0.369 e. The number of anilines is 1. The highest BCUT2D eigenvalue weighted by atomic mass is 15.3. The summed E-state index contributed by atoms with van der Waals surface area (Å²) in [6, 6.07) is 9.75. The Hall–Kier alpha value is -1.06. The van der Waals surface area contributed by atoms with Crippen molar-refractivity contribution in [2.45, 2.75) is 26.3 Å². The molecule has 1 N–H and O–H groups in total. The fourth-order valence-corrected chi connectivity index (χ4v) is 2.64. The van der Waals surface area contributed by atoms with E-state index in [2.05, 4.69) is 53.2 Å². The molecule has 0 saturated carbocycles. The van der Waals surface area contributed by atoms with Crippen molar-refractivity contribution in [1.82, 2.24) is 10.2 Å². The summed E-state index contributed by atoms with van der Waals surface area (Å²) in [6.07, 6.45) is 1.11. The lowest BCUT2D eigenvalue weighted by molar-refractivity contribution is 0.209. The molecule has 19 heavy (non-hydrogen) atoms. The van der Waals surface area contributed by atoms with E-state index in [1.165, 1.54) is 24.3 Å². The quantitative estimate of drug-likeness (QED) is 0.874. The van der Waals surface area contributed by atoms with Crippen LogP contribution in [-0.2, 0) is 6.42 Å². The van der Waals surface area contributed by atoms with E-state index in [1.807, 2.05) is 7.05 Å². The Balaban J connectivity index is 1.89. The third kappa shape index (κ3) is 3.95. The molecule has 2 rings (SSSR count). The summed E-state index contributed by atoms with van der Waals surface area (Å²) in [5.41, 5.74) is 2.79. The van der Waals surface area contributed by atoms with Crippen molar-refractivity contribution in [2.75, 3.05) is 44.7 Å². The first-order chi connectivity index (χ1) is 9.20. The Morgan fingerprint density at radius 3 is 2.21 bits per heavy atom. The van der Waals surface area contributed by atoms with Gasteiger partial charge in [-0.05, 0) is 51.6 Å². The lowest BCUT2D eigenvalue weighted by Crippen LogP contribution is -2.48. The van der Waals surface area contributed by atoms with E-state index in [4.69, 9.17) is 0 Å². The number of nitrogens with one attached hydrogen (secondary N) is 1. The van der Waals surface area contributed by atoms with Crippen LogP contribution >= 0.6 is 0 Å². The summed E-state index contributed by atoms with van der Waals surface area (Å²) in [5.74, 6) is 0. The molecule has 0 aliphatic carbocycles. The maximum absolute atomic E-state index is 3.19. The van der Waals surface area contributed by atoms with Gasteiger partial charge < -0.3 is 10.2 Å². The van der Waals surface area contributed by atoms with Crippen LogP contribution in [0, 0.1) is 0 Å². The fraction of sp³-hybridized carbons (Fsp3) is 0.625. The zero-order valence-electron chi connectivity index (χ0n) is 12.5. The van der Waals surface area contributed by atoms with Crippen molar-refractivity contribution >= 4 is 5.69 Å². The van der Waals surface area contributed by atoms with Crippen LogP contribution in [0.1, 0.15) is 19.4 Å². The normalized spacial score (nSPS) is 17.2. The first-order valence-corrected chi connectivity index (χ1v) is 7.43. The van der Waals surface area contributed by atoms with Crippen molar-refractivity contribution in [3.05, 3.63) is 29.8 Å². The van der Waals surface area contributed by atoms with Crippen LogP contribution in [0.15, 0.2) is 24.3 Å². The molecule has 1 aliphatic rings. The molecule has 1 fully saturated rings. The molecule has 1 aliphatic heterocycles. The number of nitrogens with zero attached hydrogens (tertiary/aromatic N) is 2. The van der Waals surface area contributed by atoms with Crippen LogP contribution in [0.3, 0.4) is 0 Å². The molecule has 0 spiro atoms. The summed E-state index contributed by atoms with van der Waals surface area (Å²) >= 11 is 0. The largest absolute Gasteiger partial charge is 0.369 e. The average molecular weight is 261 g/mol. The highest BCUT2D eigenvalue weighted by molar-refractivity contribution is 5.48. The zero-order chi connectivity index (χ0) is 13.7. The van der Waals surface area contributed by atoms with Crippen LogP contribution in [-0.4, -0.2) is 50.7 Å². The van der Waals surface area contributed by atoms with E-state index in [9.17, 15) is 0 Å². The Kier molecular flexibility index (Phi) is 5.23. The molecule has 3 heteroatoms. The van der Waals surface area contributed by atoms with Crippen LogP contribution in [0.2, 0.25) is 0 Å². The highest BCUT2D eigenvalue weighted by Crippen LogP contribution is 2.18. The molecule has 0 amide bonds. The monoisotopic (exact) mass is 261 g/mol. The number of piperazine rings is 1. The Labute approximate surface area is 117 Å². The molecule has 0 atom stereocenters. The summed E-state index contributed by atoms with van der Waals surface area (Å²) in [4.78, 5) is 5.05. The maximum Gasteiger partial charge on any atom is 0.0367 e. The van der Waals surface area contributed by atoms with Crippen molar-refractivity contribution in [2.24, 2.45) is 0 Å². The number of rotatable bonds is 5.